The van der Waals surface area contributed by atoms with Crippen LogP contribution in [0.2, 0.25) is 0 Å². The topological polar surface area (TPSA) is 67.4 Å². The van der Waals surface area contributed by atoms with Crippen LogP contribution in [0.25, 0.3) is 0 Å². The zero-order chi connectivity index (χ0) is 20.6. The minimum Gasteiger partial charge on any atom is -0.490 e. The average molecular weight is 386 g/mol. The van der Waals surface area contributed by atoms with Gasteiger partial charge in [0.25, 0.3) is 11.8 Å². The van der Waals surface area contributed by atoms with Crippen molar-refractivity contribution in [3.63, 3.8) is 0 Å². The summed E-state index contributed by atoms with van der Waals surface area (Å²) in [6.45, 7) is 5.89. The fourth-order valence-corrected chi connectivity index (χ4v) is 2.73. The zero-order valence-electron chi connectivity index (χ0n) is 16.1. The molecule has 0 fully saturated rings. The minimum atomic E-state index is -0.222. The molecule has 0 aliphatic carbocycles. The third kappa shape index (κ3) is 5.32. The Morgan fingerprint density at radius 1 is 0.897 bits per heavy atom. The van der Waals surface area contributed by atoms with Crippen LogP contribution in [-0.4, -0.2) is 18.4 Å². The highest BCUT2D eigenvalue weighted by Crippen LogP contribution is 2.21. The first-order chi connectivity index (χ1) is 14.1. The van der Waals surface area contributed by atoms with E-state index in [2.05, 4.69) is 17.2 Å². The number of hydrogen-bond donors (Lipinski definition) is 2. The third-order valence-corrected chi connectivity index (χ3v) is 4.25. The molecule has 0 unspecified atom stereocenters. The molecule has 3 rings (SSSR count). The van der Waals surface area contributed by atoms with Gasteiger partial charge in [0, 0.05) is 22.5 Å². The maximum Gasteiger partial charge on any atom is 0.255 e. The van der Waals surface area contributed by atoms with E-state index in [1.54, 1.807) is 54.6 Å². The molecule has 0 aliphatic rings. The van der Waals surface area contributed by atoms with Gasteiger partial charge in [0.2, 0.25) is 0 Å². The van der Waals surface area contributed by atoms with Crippen LogP contribution in [0.1, 0.15) is 26.3 Å². The molecule has 0 aromatic heterocycles. The number of ether oxygens (including phenoxy) is 1. The van der Waals surface area contributed by atoms with Crippen molar-refractivity contribution in [1.82, 2.24) is 0 Å². The molecule has 5 nitrogen and oxygen atoms in total. The lowest BCUT2D eigenvalue weighted by molar-refractivity contribution is 0.101. The summed E-state index contributed by atoms with van der Waals surface area (Å²) in [6, 6.07) is 21.3. The number of rotatable bonds is 7. The Morgan fingerprint density at radius 2 is 1.55 bits per heavy atom. The van der Waals surface area contributed by atoms with Gasteiger partial charge in [0.15, 0.2) is 0 Å². The van der Waals surface area contributed by atoms with Crippen molar-refractivity contribution in [3.05, 3.63) is 102 Å². The monoisotopic (exact) mass is 386 g/mol. The lowest BCUT2D eigenvalue weighted by atomic mass is 10.1. The van der Waals surface area contributed by atoms with Gasteiger partial charge in [0.05, 0.1) is 0 Å². The van der Waals surface area contributed by atoms with Crippen molar-refractivity contribution in [1.29, 1.82) is 0 Å². The van der Waals surface area contributed by atoms with Crippen LogP contribution in [0.5, 0.6) is 5.75 Å². The second-order valence-corrected chi connectivity index (χ2v) is 6.43. The number of carbonyl (C=O) groups excluding carboxylic acids is 2. The van der Waals surface area contributed by atoms with Crippen LogP contribution < -0.4 is 15.4 Å². The van der Waals surface area contributed by atoms with Crippen molar-refractivity contribution < 1.29 is 14.3 Å². The molecular formula is C24H22N2O3. The van der Waals surface area contributed by atoms with Gasteiger partial charge in [-0.3, -0.25) is 9.59 Å². The van der Waals surface area contributed by atoms with Crippen LogP contribution in [-0.2, 0) is 0 Å². The highest BCUT2D eigenvalue weighted by Gasteiger charge is 2.10. The SMILES string of the molecule is C=CCOc1ccc(C(=O)Nc2ccc(NC(=O)c3ccccc3)c(C)c2)cc1. The highest BCUT2D eigenvalue weighted by molar-refractivity contribution is 6.06. The molecular weight excluding hydrogens is 364 g/mol. The van der Waals surface area contributed by atoms with E-state index in [9.17, 15) is 9.59 Å². The highest BCUT2D eigenvalue weighted by atomic mass is 16.5. The molecule has 0 radical (unpaired) electrons. The van der Waals surface area contributed by atoms with Crippen molar-refractivity contribution in [2.75, 3.05) is 17.2 Å². The van der Waals surface area contributed by atoms with E-state index in [-0.39, 0.29) is 11.8 Å². The Hall–Kier alpha value is -3.86. The summed E-state index contributed by atoms with van der Waals surface area (Å²) < 4.78 is 5.42. The second-order valence-electron chi connectivity index (χ2n) is 6.43. The van der Waals surface area contributed by atoms with Crippen LogP contribution in [0.4, 0.5) is 11.4 Å². The molecule has 146 valence electrons. The predicted octanol–water partition coefficient (Wildman–Crippen LogP) is 5.06. The van der Waals surface area contributed by atoms with Crippen LogP contribution in [0, 0.1) is 6.92 Å². The molecule has 29 heavy (non-hydrogen) atoms. The molecule has 0 atom stereocenters. The third-order valence-electron chi connectivity index (χ3n) is 4.25. The molecule has 0 heterocycles. The first-order valence-corrected chi connectivity index (χ1v) is 9.19. The average Bonchev–Trinajstić information content (AvgIpc) is 2.75. The molecule has 0 bridgehead atoms. The molecule has 3 aromatic rings. The maximum atomic E-state index is 12.5. The van der Waals surface area contributed by atoms with Crippen molar-refractivity contribution in [2.24, 2.45) is 0 Å². The van der Waals surface area contributed by atoms with Gasteiger partial charge >= 0.3 is 0 Å². The Kier molecular flexibility index (Phi) is 6.43. The number of hydrogen-bond acceptors (Lipinski definition) is 3. The molecule has 0 spiro atoms. The smallest absolute Gasteiger partial charge is 0.255 e. The fraction of sp³-hybridized carbons (Fsp3) is 0.0833. The molecule has 0 saturated carbocycles. The van der Waals surface area contributed by atoms with Crippen LogP contribution >= 0.6 is 0 Å². The van der Waals surface area contributed by atoms with E-state index in [1.807, 2.05) is 31.2 Å². The number of aryl methyl sites for hydroxylation is 1. The Morgan fingerprint density at radius 3 is 2.21 bits per heavy atom. The summed E-state index contributed by atoms with van der Waals surface area (Å²) in [5.74, 6) is 0.279. The Labute approximate surface area is 170 Å². The summed E-state index contributed by atoms with van der Waals surface area (Å²) in [5.41, 5.74) is 3.30. The summed E-state index contributed by atoms with van der Waals surface area (Å²) in [7, 11) is 0. The van der Waals surface area contributed by atoms with E-state index >= 15 is 0 Å². The van der Waals surface area contributed by atoms with Crippen molar-refractivity contribution in [2.45, 2.75) is 6.92 Å². The van der Waals surface area contributed by atoms with E-state index in [4.69, 9.17) is 4.74 Å². The van der Waals surface area contributed by atoms with Gasteiger partial charge in [-0.25, -0.2) is 0 Å². The van der Waals surface area contributed by atoms with Crippen LogP contribution in [0.15, 0.2) is 85.5 Å². The molecule has 3 aromatic carbocycles. The molecule has 0 aliphatic heterocycles. The Bertz CT molecular complexity index is 1010. The fourth-order valence-electron chi connectivity index (χ4n) is 2.73. The van der Waals surface area contributed by atoms with E-state index < -0.39 is 0 Å². The number of carbonyl (C=O) groups is 2. The van der Waals surface area contributed by atoms with E-state index in [1.165, 1.54) is 0 Å². The summed E-state index contributed by atoms with van der Waals surface area (Å²) in [6.07, 6.45) is 1.66. The summed E-state index contributed by atoms with van der Waals surface area (Å²) in [5, 5.41) is 5.75. The van der Waals surface area contributed by atoms with E-state index in [0.717, 1.165) is 5.56 Å². The quantitative estimate of drug-likeness (QED) is 0.558. The molecule has 5 heteroatoms. The predicted molar refractivity (Wildman–Crippen MR) is 116 cm³/mol. The first-order valence-electron chi connectivity index (χ1n) is 9.19. The number of anilines is 2. The van der Waals surface area contributed by atoms with Crippen LogP contribution in [0.3, 0.4) is 0 Å². The minimum absolute atomic E-state index is 0.177. The first kappa shape index (κ1) is 19.9. The zero-order valence-corrected chi connectivity index (χ0v) is 16.1. The lowest BCUT2D eigenvalue weighted by Crippen LogP contribution is -2.14. The second kappa shape index (κ2) is 9.37. The molecule has 2 amide bonds. The molecule has 2 N–H and O–H groups in total. The number of nitrogens with one attached hydrogen (secondary N) is 2. The number of amides is 2. The van der Waals surface area contributed by atoms with Gasteiger partial charge < -0.3 is 15.4 Å². The van der Waals surface area contributed by atoms with E-state index in [0.29, 0.717) is 34.9 Å². The van der Waals surface area contributed by atoms with Gasteiger partial charge in [-0.2, -0.15) is 0 Å². The van der Waals surface area contributed by atoms with Crippen molar-refractivity contribution in [3.8, 4) is 5.75 Å². The van der Waals surface area contributed by atoms with Gasteiger partial charge in [0.1, 0.15) is 12.4 Å². The maximum absolute atomic E-state index is 12.5. The van der Waals surface area contributed by atoms with Crippen molar-refractivity contribution >= 4 is 23.2 Å². The lowest BCUT2D eigenvalue weighted by Gasteiger charge is -2.12. The molecule has 0 saturated heterocycles. The standard InChI is InChI=1S/C24H22N2O3/c1-3-15-29-21-12-9-19(10-13-21)23(27)25-20-11-14-22(17(2)16-20)26-24(28)18-7-5-4-6-8-18/h3-14,16H,1,15H2,2H3,(H,25,27)(H,26,28). The van der Waals surface area contributed by atoms with Gasteiger partial charge in [-0.15, -0.1) is 0 Å². The van der Waals surface area contributed by atoms with Gasteiger partial charge in [-0.1, -0.05) is 30.9 Å². The normalized spacial score (nSPS) is 10.1. The summed E-state index contributed by atoms with van der Waals surface area (Å²) >= 11 is 0. The largest absolute Gasteiger partial charge is 0.490 e. The Balaban J connectivity index is 1.64. The summed E-state index contributed by atoms with van der Waals surface area (Å²) in [4.78, 5) is 24.8. The van der Waals surface area contributed by atoms with Gasteiger partial charge in [-0.05, 0) is 67.1 Å². The number of benzene rings is 3.